The Balaban J connectivity index is 1.73. The van der Waals surface area contributed by atoms with Crippen LogP contribution in [-0.2, 0) is 11.3 Å². The molecule has 1 aromatic heterocycles. The molecule has 104 valence electrons. The van der Waals surface area contributed by atoms with Gasteiger partial charge in [0.15, 0.2) is 5.69 Å². The largest absolute Gasteiger partial charge is 0.476 e. The van der Waals surface area contributed by atoms with E-state index in [1.54, 1.807) is 4.57 Å². The Labute approximate surface area is 111 Å². The predicted molar refractivity (Wildman–Crippen MR) is 68.8 cm³/mol. The molecule has 1 fully saturated rings. The van der Waals surface area contributed by atoms with Crippen LogP contribution in [-0.4, -0.2) is 33.1 Å². The molecule has 6 heteroatoms. The molecule has 1 aliphatic rings. The summed E-state index contributed by atoms with van der Waals surface area (Å²) in [7, 11) is 0. The van der Waals surface area contributed by atoms with Gasteiger partial charge in [-0.3, -0.25) is 4.79 Å². The van der Waals surface area contributed by atoms with Gasteiger partial charge in [0.05, 0.1) is 6.33 Å². The van der Waals surface area contributed by atoms with Gasteiger partial charge < -0.3 is 15.0 Å². The number of amides is 1. The number of nitrogens with zero attached hydrogens (tertiary/aromatic N) is 2. The van der Waals surface area contributed by atoms with E-state index in [0.29, 0.717) is 13.1 Å². The van der Waals surface area contributed by atoms with E-state index in [9.17, 15) is 9.59 Å². The Morgan fingerprint density at radius 3 is 2.74 bits per heavy atom. The number of aromatic nitrogens is 2. The molecule has 1 saturated carbocycles. The molecular formula is C13H19N3O3. The van der Waals surface area contributed by atoms with Crippen LogP contribution in [0.2, 0.25) is 0 Å². The molecule has 1 heterocycles. The van der Waals surface area contributed by atoms with Crippen molar-refractivity contribution in [1.82, 2.24) is 14.9 Å². The van der Waals surface area contributed by atoms with Gasteiger partial charge in [0, 0.05) is 25.2 Å². The van der Waals surface area contributed by atoms with Gasteiger partial charge in [0.2, 0.25) is 5.91 Å². The summed E-state index contributed by atoms with van der Waals surface area (Å²) in [5.41, 5.74) is 0.0265. The van der Waals surface area contributed by atoms with Crippen molar-refractivity contribution in [1.29, 1.82) is 0 Å². The van der Waals surface area contributed by atoms with E-state index in [4.69, 9.17) is 5.11 Å². The second-order valence-corrected chi connectivity index (χ2v) is 4.93. The van der Waals surface area contributed by atoms with Crippen LogP contribution in [0.15, 0.2) is 12.5 Å². The molecule has 0 atom stereocenters. The van der Waals surface area contributed by atoms with E-state index >= 15 is 0 Å². The zero-order valence-electron chi connectivity index (χ0n) is 10.8. The number of aromatic carboxylic acids is 1. The fraction of sp³-hybridized carbons (Fsp3) is 0.615. The van der Waals surface area contributed by atoms with Gasteiger partial charge in [-0.1, -0.05) is 19.3 Å². The fourth-order valence-electron chi connectivity index (χ4n) is 2.41. The number of hydrogen-bond donors (Lipinski definition) is 2. The topological polar surface area (TPSA) is 84.2 Å². The van der Waals surface area contributed by atoms with Crippen LogP contribution in [0.5, 0.6) is 0 Å². The monoisotopic (exact) mass is 265 g/mol. The third kappa shape index (κ3) is 3.81. The number of nitrogens with one attached hydrogen (secondary N) is 1. The number of carboxylic acid groups (broad SMARTS) is 1. The van der Waals surface area contributed by atoms with Gasteiger partial charge in [-0.15, -0.1) is 0 Å². The Morgan fingerprint density at radius 2 is 2.11 bits per heavy atom. The van der Waals surface area contributed by atoms with Crippen LogP contribution in [0.25, 0.3) is 0 Å². The number of carboxylic acids is 1. The highest BCUT2D eigenvalue weighted by molar-refractivity contribution is 5.84. The molecular weight excluding hydrogens is 246 g/mol. The number of imidazole rings is 1. The fourth-order valence-corrected chi connectivity index (χ4v) is 2.41. The predicted octanol–water partition coefficient (Wildman–Crippen LogP) is 1.28. The van der Waals surface area contributed by atoms with Gasteiger partial charge in [0.1, 0.15) is 0 Å². The third-order valence-corrected chi connectivity index (χ3v) is 3.50. The van der Waals surface area contributed by atoms with E-state index < -0.39 is 5.97 Å². The third-order valence-electron chi connectivity index (χ3n) is 3.50. The second-order valence-electron chi connectivity index (χ2n) is 4.93. The number of carbonyl (C=O) groups is 2. The molecule has 1 amide bonds. The lowest BCUT2D eigenvalue weighted by molar-refractivity contribution is -0.125. The Hall–Kier alpha value is -1.85. The SMILES string of the molecule is O=C(O)c1cn(CCNC(=O)C2CCCCC2)cn1. The van der Waals surface area contributed by atoms with Crippen molar-refractivity contribution < 1.29 is 14.7 Å². The zero-order valence-corrected chi connectivity index (χ0v) is 10.8. The first-order chi connectivity index (χ1) is 9.16. The van der Waals surface area contributed by atoms with Gasteiger partial charge in [-0.2, -0.15) is 0 Å². The minimum Gasteiger partial charge on any atom is -0.476 e. The van der Waals surface area contributed by atoms with Crippen molar-refractivity contribution in [3.05, 3.63) is 18.2 Å². The molecule has 0 radical (unpaired) electrons. The van der Waals surface area contributed by atoms with Gasteiger partial charge in [-0.05, 0) is 12.8 Å². The van der Waals surface area contributed by atoms with Gasteiger partial charge >= 0.3 is 5.97 Å². The van der Waals surface area contributed by atoms with Crippen LogP contribution in [0.4, 0.5) is 0 Å². The van der Waals surface area contributed by atoms with Crippen molar-refractivity contribution in [3.63, 3.8) is 0 Å². The van der Waals surface area contributed by atoms with E-state index in [2.05, 4.69) is 10.3 Å². The summed E-state index contributed by atoms with van der Waals surface area (Å²) in [5, 5.41) is 11.6. The molecule has 0 aliphatic heterocycles. The van der Waals surface area contributed by atoms with Crippen molar-refractivity contribution in [2.24, 2.45) is 5.92 Å². The summed E-state index contributed by atoms with van der Waals surface area (Å²) in [5.74, 6) is -0.755. The highest BCUT2D eigenvalue weighted by Gasteiger charge is 2.20. The summed E-state index contributed by atoms with van der Waals surface area (Å²) in [6, 6.07) is 0. The smallest absolute Gasteiger partial charge is 0.356 e. The molecule has 2 rings (SSSR count). The van der Waals surface area contributed by atoms with Crippen molar-refractivity contribution in [3.8, 4) is 0 Å². The second kappa shape index (κ2) is 6.36. The van der Waals surface area contributed by atoms with Crippen molar-refractivity contribution >= 4 is 11.9 Å². The molecule has 2 N–H and O–H groups in total. The molecule has 0 unspecified atom stereocenters. The van der Waals surface area contributed by atoms with Crippen LogP contribution < -0.4 is 5.32 Å². The Kier molecular flexibility index (Phi) is 4.54. The molecule has 0 aromatic carbocycles. The minimum absolute atomic E-state index is 0.0265. The zero-order chi connectivity index (χ0) is 13.7. The maximum absolute atomic E-state index is 11.9. The summed E-state index contributed by atoms with van der Waals surface area (Å²) >= 11 is 0. The number of rotatable bonds is 5. The highest BCUT2D eigenvalue weighted by atomic mass is 16.4. The van der Waals surface area contributed by atoms with E-state index in [1.165, 1.54) is 18.9 Å². The first kappa shape index (κ1) is 13.6. The van der Waals surface area contributed by atoms with Gasteiger partial charge in [-0.25, -0.2) is 9.78 Å². The first-order valence-corrected chi connectivity index (χ1v) is 6.69. The average Bonchev–Trinajstić information content (AvgIpc) is 2.89. The lowest BCUT2D eigenvalue weighted by atomic mass is 9.89. The van der Waals surface area contributed by atoms with E-state index in [1.807, 2.05) is 0 Å². The molecule has 6 nitrogen and oxygen atoms in total. The Bertz CT molecular complexity index is 450. The minimum atomic E-state index is -1.04. The summed E-state index contributed by atoms with van der Waals surface area (Å²) in [4.78, 5) is 26.3. The standard InChI is InChI=1S/C13H19N3O3/c17-12(10-4-2-1-3-5-10)14-6-7-16-8-11(13(18)19)15-9-16/h8-10H,1-7H2,(H,14,17)(H,18,19). The van der Waals surface area contributed by atoms with Crippen LogP contribution >= 0.6 is 0 Å². The van der Waals surface area contributed by atoms with Crippen LogP contribution in [0, 0.1) is 5.92 Å². The lowest BCUT2D eigenvalue weighted by Gasteiger charge is -2.20. The maximum Gasteiger partial charge on any atom is 0.356 e. The molecule has 1 aliphatic carbocycles. The molecule has 19 heavy (non-hydrogen) atoms. The van der Waals surface area contributed by atoms with Crippen molar-refractivity contribution in [2.45, 2.75) is 38.6 Å². The average molecular weight is 265 g/mol. The molecule has 0 spiro atoms. The quantitative estimate of drug-likeness (QED) is 0.840. The lowest BCUT2D eigenvalue weighted by Crippen LogP contribution is -2.33. The van der Waals surface area contributed by atoms with Crippen LogP contribution in [0.1, 0.15) is 42.6 Å². The molecule has 1 aromatic rings. The highest BCUT2D eigenvalue weighted by Crippen LogP contribution is 2.23. The summed E-state index contributed by atoms with van der Waals surface area (Å²) in [6.07, 6.45) is 8.42. The maximum atomic E-state index is 11.9. The number of carbonyl (C=O) groups excluding carboxylic acids is 1. The van der Waals surface area contributed by atoms with E-state index in [0.717, 1.165) is 25.7 Å². The van der Waals surface area contributed by atoms with Crippen molar-refractivity contribution in [2.75, 3.05) is 6.54 Å². The number of hydrogen-bond acceptors (Lipinski definition) is 3. The first-order valence-electron chi connectivity index (χ1n) is 6.69. The van der Waals surface area contributed by atoms with Crippen LogP contribution in [0.3, 0.4) is 0 Å². The summed E-state index contributed by atoms with van der Waals surface area (Å²) in [6.45, 7) is 1.05. The Morgan fingerprint density at radius 1 is 1.37 bits per heavy atom. The molecule has 0 bridgehead atoms. The normalized spacial score (nSPS) is 16.2. The van der Waals surface area contributed by atoms with Gasteiger partial charge in [0.25, 0.3) is 0 Å². The van der Waals surface area contributed by atoms with E-state index in [-0.39, 0.29) is 17.5 Å². The molecule has 0 saturated heterocycles. The summed E-state index contributed by atoms with van der Waals surface area (Å²) < 4.78 is 1.67.